The van der Waals surface area contributed by atoms with Gasteiger partial charge in [0.1, 0.15) is 23.4 Å². The van der Waals surface area contributed by atoms with Gasteiger partial charge in [-0.1, -0.05) is 0 Å². The summed E-state index contributed by atoms with van der Waals surface area (Å²) in [5.74, 6) is -2.95. The van der Waals surface area contributed by atoms with E-state index in [0.29, 0.717) is 21.3 Å². The first-order valence-electron chi connectivity index (χ1n) is 10.3. The Bertz CT molecular complexity index is 1010. The van der Waals surface area contributed by atoms with Crippen molar-refractivity contribution in [2.75, 3.05) is 19.7 Å². The maximum atomic E-state index is 12.6. The minimum Gasteiger partial charge on any atom is -0.480 e. The third-order valence-electron chi connectivity index (χ3n) is 5.69. The molecule has 3 N–H and O–H groups in total. The average Bonchev–Trinajstić information content (AvgIpc) is 3.12. The maximum absolute atomic E-state index is 12.6. The van der Waals surface area contributed by atoms with E-state index in [9.17, 15) is 29.4 Å². The van der Waals surface area contributed by atoms with E-state index in [-0.39, 0.29) is 44.3 Å². The predicted octanol–water partition coefficient (Wildman–Crippen LogP) is 1.52. The Kier molecular flexibility index (Phi) is 6.60. The van der Waals surface area contributed by atoms with Crippen LogP contribution in [0, 0.1) is 12.3 Å². The van der Waals surface area contributed by atoms with Crippen LogP contribution in [0.1, 0.15) is 37.5 Å². The molecular formula is C21H26BrN3O8. The molecule has 1 aromatic rings. The van der Waals surface area contributed by atoms with Crippen LogP contribution in [-0.4, -0.2) is 75.4 Å². The SMILES string of the molecule is Cc1c(OCC2CNC(=O)CN2C(=O)OC(C)(C)C)nc(Br)c2c1CC(C(=O)O)(C(=O)O)C2. The zero-order valence-electron chi connectivity index (χ0n) is 18.7. The number of amides is 2. The second kappa shape index (κ2) is 8.81. The molecule has 1 aromatic heterocycles. The number of carboxylic acids is 2. The second-order valence-electron chi connectivity index (χ2n) is 9.21. The molecule has 2 aliphatic rings. The van der Waals surface area contributed by atoms with Crippen molar-refractivity contribution in [2.45, 2.75) is 52.2 Å². The second-order valence-corrected chi connectivity index (χ2v) is 9.96. The van der Waals surface area contributed by atoms with Gasteiger partial charge in [-0.05, 0) is 54.8 Å². The Balaban J connectivity index is 1.82. The van der Waals surface area contributed by atoms with Crippen LogP contribution in [0.25, 0.3) is 0 Å². The van der Waals surface area contributed by atoms with Gasteiger partial charge in [-0.3, -0.25) is 19.3 Å². The van der Waals surface area contributed by atoms with Crippen LogP contribution < -0.4 is 10.1 Å². The van der Waals surface area contributed by atoms with Crippen molar-refractivity contribution in [2.24, 2.45) is 5.41 Å². The summed E-state index contributed by atoms with van der Waals surface area (Å²) >= 11 is 3.31. The Morgan fingerprint density at radius 1 is 1.21 bits per heavy atom. The number of piperazine rings is 1. The zero-order valence-corrected chi connectivity index (χ0v) is 20.3. The third-order valence-corrected chi connectivity index (χ3v) is 6.35. The lowest BCUT2D eigenvalue weighted by Gasteiger charge is -2.36. The molecular weight excluding hydrogens is 502 g/mol. The van der Waals surface area contributed by atoms with Gasteiger partial charge in [0, 0.05) is 24.9 Å². The standard InChI is InChI=1S/C21H26BrN3O8/c1-10-12-5-21(17(27)28,18(29)30)6-13(12)15(22)24-16(10)32-9-11-7-23-14(26)8-25(11)19(31)33-20(2,3)4/h11H,5-9H2,1-4H3,(H,23,26)(H,27,28)(H,29,30). The Labute approximate surface area is 198 Å². The van der Waals surface area contributed by atoms with Crippen LogP contribution in [0.4, 0.5) is 4.79 Å². The number of carbonyl (C=O) groups is 4. The number of fused-ring (bicyclic) bond motifs is 1. The highest BCUT2D eigenvalue weighted by molar-refractivity contribution is 9.10. The number of halogens is 1. The molecule has 3 rings (SSSR count). The first-order valence-corrected chi connectivity index (χ1v) is 11.1. The summed E-state index contributed by atoms with van der Waals surface area (Å²) in [6.45, 7) is 6.83. The molecule has 1 aliphatic carbocycles. The fourth-order valence-electron chi connectivity index (χ4n) is 3.88. The Morgan fingerprint density at radius 2 is 1.82 bits per heavy atom. The smallest absolute Gasteiger partial charge is 0.411 e. The van der Waals surface area contributed by atoms with Gasteiger partial charge in [0.2, 0.25) is 11.8 Å². The third kappa shape index (κ3) is 4.90. The number of nitrogens with zero attached hydrogens (tertiary/aromatic N) is 2. The monoisotopic (exact) mass is 527 g/mol. The molecule has 0 saturated carbocycles. The average molecular weight is 528 g/mol. The summed E-state index contributed by atoms with van der Waals surface area (Å²) in [6.07, 6.45) is -1.03. The first-order chi connectivity index (χ1) is 15.2. The van der Waals surface area contributed by atoms with E-state index in [1.54, 1.807) is 27.7 Å². The van der Waals surface area contributed by atoms with Gasteiger partial charge in [-0.2, -0.15) is 0 Å². The molecule has 1 fully saturated rings. The number of pyridine rings is 1. The van der Waals surface area contributed by atoms with Gasteiger partial charge < -0.3 is 25.0 Å². The highest BCUT2D eigenvalue weighted by Crippen LogP contribution is 2.43. The van der Waals surface area contributed by atoms with E-state index < -0.39 is 35.1 Å². The van der Waals surface area contributed by atoms with E-state index in [1.807, 2.05) is 0 Å². The largest absolute Gasteiger partial charge is 0.480 e. The van der Waals surface area contributed by atoms with Crippen LogP contribution in [0.2, 0.25) is 0 Å². The van der Waals surface area contributed by atoms with Crippen LogP contribution in [-0.2, 0) is 32.0 Å². The molecule has 12 heteroatoms. The van der Waals surface area contributed by atoms with Gasteiger partial charge >= 0.3 is 18.0 Å². The highest BCUT2D eigenvalue weighted by Gasteiger charge is 2.52. The molecule has 2 heterocycles. The van der Waals surface area contributed by atoms with Crippen LogP contribution in [0.15, 0.2) is 4.60 Å². The molecule has 0 aromatic carbocycles. The van der Waals surface area contributed by atoms with Crippen LogP contribution >= 0.6 is 15.9 Å². The quantitative estimate of drug-likeness (QED) is 0.381. The topological polar surface area (TPSA) is 155 Å². The number of rotatable bonds is 5. The molecule has 1 atom stereocenters. The van der Waals surface area contributed by atoms with Crippen LogP contribution in [0.5, 0.6) is 5.88 Å². The van der Waals surface area contributed by atoms with Crippen LogP contribution in [0.3, 0.4) is 0 Å². The number of carbonyl (C=O) groups excluding carboxylic acids is 2. The zero-order chi connectivity index (χ0) is 24.7. The normalized spacial score (nSPS) is 19.5. The van der Waals surface area contributed by atoms with Crippen molar-refractivity contribution in [3.63, 3.8) is 0 Å². The van der Waals surface area contributed by atoms with Crippen molar-refractivity contribution in [3.05, 3.63) is 21.3 Å². The highest BCUT2D eigenvalue weighted by atomic mass is 79.9. The van der Waals surface area contributed by atoms with E-state index in [0.717, 1.165) is 0 Å². The minimum absolute atomic E-state index is 0.0123. The van der Waals surface area contributed by atoms with Crippen molar-refractivity contribution < 1.29 is 38.9 Å². The van der Waals surface area contributed by atoms with E-state index in [4.69, 9.17) is 9.47 Å². The molecule has 1 unspecified atom stereocenters. The van der Waals surface area contributed by atoms with Gasteiger partial charge in [0.15, 0.2) is 5.41 Å². The molecule has 11 nitrogen and oxygen atoms in total. The molecule has 0 bridgehead atoms. The molecule has 0 radical (unpaired) electrons. The number of aliphatic carboxylic acids is 2. The summed E-state index contributed by atoms with van der Waals surface area (Å²) in [6, 6.07) is -0.525. The lowest BCUT2D eigenvalue weighted by molar-refractivity contribution is -0.163. The Morgan fingerprint density at radius 3 is 2.39 bits per heavy atom. The fourth-order valence-corrected chi connectivity index (χ4v) is 4.42. The molecule has 0 spiro atoms. The van der Waals surface area contributed by atoms with Gasteiger partial charge in [-0.25, -0.2) is 9.78 Å². The van der Waals surface area contributed by atoms with E-state index in [1.165, 1.54) is 4.90 Å². The van der Waals surface area contributed by atoms with Crippen molar-refractivity contribution in [1.82, 2.24) is 15.2 Å². The molecule has 180 valence electrons. The number of aromatic nitrogens is 1. The minimum atomic E-state index is -1.96. The molecule has 1 saturated heterocycles. The first kappa shape index (κ1) is 24.7. The van der Waals surface area contributed by atoms with Crippen molar-refractivity contribution in [1.29, 1.82) is 0 Å². The van der Waals surface area contributed by atoms with Gasteiger partial charge in [0.05, 0.1) is 6.04 Å². The molecule has 33 heavy (non-hydrogen) atoms. The summed E-state index contributed by atoms with van der Waals surface area (Å²) in [5.41, 5.74) is -1.10. The number of hydrogen-bond acceptors (Lipinski definition) is 7. The van der Waals surface area contributed by atoms with Crippen molar-refractivity contribution >= 4 is 39.9 Å². The number of hydrogen-bond donors (Lipinski definition) is 3. The summed E-state index contributed by atoms with van der Waals surface area (Å²) in [5, 5.41) is 21.9. The number of nitrogens with one attached hydrogen (secondary N) is 1. The van der Waals surface area contributed by atoms with Crippen molar-refractivity contribution in [3.8, 4) is 5.88 Å². The lowest BCUT2D eigenvalue weighted by Crippen LogP contribution is -2.59. The maximum Gasteiger partial charge on any atom is 0.411 e. The van der Waals surface area contributed by atoms with E-state index >= 15 is 0 Å². The summed E-state index contributed by atoms with van der Waals surface area (Å²) in [7, 11) is 0. The summed E-state index contributed by atoms with van der Waals surface area (Å²) in [4.78, 5) is 53.6. The van der Waals surface area contributed by atoms with Gasteiger partial charge in [-0.15, -0.1) is 0 Å². The fraction of sp³-hybridized carbons (Fsp3) is 0.571. The number of ether oxygens (including phenoxy) is 2. The number of carboxylic acid groups (broad SMARTS) is 2. The lowest BCUT2D eigenvalue weighted by atomic mass is 9.85. The Hall–Kier alpha value is -2.89. The van der Waals surface area contributed by atoms with Gasteiger partial charge in [0.25, 0.3) is 0 Å². The van der Waals surface area contributed by atoms with E-state index in [2.05, 4.69) is 26.2 Å². The summed E-state index contributed by atoms with van der Waals surface area (Å²) < 4.78 is 11.6. The predicted molar refractivity (Wildman–Crippen MR) is 117 cm³/mol. The molecule has 1 aliphatic heterocycles. The molecule has 2 amide bonds.